The highest BCUT2D eigenvalue weighted by Gasteiger charge is 2.16. The highest BCUT2D eigenvalue weighted by Crippen LogP contribution is 2.22. The summed E-state index contributed by atoms with van der Waals surface area (Å²) in [5, 5.41) is 5.42. The van der Waals surface area contributed by atoms with Crippen LogP contribution in [0.15, 0.2) is 33.4 Å². The Hall–Kier alpha value is -1.17. The Labute approximate surface area is 137 Å². The molecule has 21 heavy (non-hydrogen) atoms. The van der Waals surface area contributed by atoms with Crippen LogP contribution in [0.3, 0.4) is 0 Å². The molecule has 1 amide bonds. The number of carbonyl (C=O) groups is 1. The van der Waals surface area contributed by atoms with Crippen molar-refractivity contribution in [3.8, 4) is 0 Å². The molecule has 1 aliphatic heterocycles. The number of rotatable bonds is 3. The van der Waals surface area contributed by atoms with E-state index in [0.717, 1.165) is 34.4 Å². The molecule has 1 aromatic carbocycles. The van der Waals surface area contributed by atoms with Crippen molar-refractivity contribution >= 4 is 33.2 Å². The second-order valence-corrected chi connectivity index (χ2v) is 7.62. The summed E-state index contributed by atoms with van der Waals surface area (Å²) in [6.45, 7) is 2.52. The number of nitrogens with zero attached hydrogens (tertiary/aromatic N) is 1. The topological polar surface area (TPSA) is 32.3 Å². The minimum atomic E-state index is 0.0747. The summed E-state index contributed by atoms with van der Waals surface area (Å²) in [5.74, 6) is 0.0747. The second kappa shape index (κ2) is 6.30. The summed E-state index contributed by atoms with van der Waals surface area (Å²) in [7, 11) is 1.85. The molecule has 0 fully saturated rings. The third-order valence-electron chi connectivity index (χ3n) is 3.73. The quantitative estimate of drug-likeness (QED) is 0.904. The lowest BCUT2D eigenvalue weighted by atomic mass is 9.98. The Morgan fingerprint density at radius 1 is 1.38 bits per heavy atom. The molecule has 5 heteroatoms. The first kappa shape index (κ1) is 14.8. The molecule has 1 aromatic heterocycles. The van der Waals surface area contributed by atoms with Gasteiger partial charge in [0.1, 0.15) is 0 Å². The molecular formula is C16H17BrN2OS. The van der Waals surface area contributed by atoms with E-state index in [0.29, 0.717) is 6.54 Å². The van der Waals surface area contributed by atoms with Gasteiger partial charge in [0, 0.05) is 25.7 Å². The zero-order chi connectivity index (χ0) is 14.8. The van der Waals surface area contributed by atoms with Crippen LogP contribution >= 0.6 is 27.3 Å². The summed E-state index contributed by atoms with van der Waals surface area (Å²) < 4.78 is 1.10. The van der Waals surface area contributed by atoms with Crippen molar-refractivity contribution in [3.05, 3.63) is 55.7 Å². The van der Waals surface area contributed by atoms with Crippen LogP contribution in [0.2, 0.25) is 0 Å². The van der Waals surface area contributed by atoms with Crippen LogP contribution in [0.4, 0.5) is 0 Å². The van der Waals surface area contributed by atoms with Crippen molar-refractivity contribution in [1.29, 1.82) is 0 Å². The van der Waals surface area contributed by atoms with Gasteiger partial charge in [-0.15, -0.1) is 11.3 Å². The van der Waals surface area contributed by atoms with Crippen molar-refractivity contribution in [2.45, 2.75) is 19.5 Å². The van der Waals surface area contributed by atoms with E-state index in [1.165, 1.54) is 11.1 Å². The minimum Gasteiger partial charge on any atom is -0.337 e. The summed E-state index contributed by atoms with van der Waals surface area (Å²) in [5.41, 5.74) is 4.53. The zero-order valence-electron chi connectivity index (χ0n) is 11.9. The lowest BCUT2D eigenvalue weighted by molar-refractivity contribution is 0.0785. The molecule has 0 unspecified atom stereocenters. The summed E-state index contributed by atoms with van der Waals surface area (Å²) >= 11 is 5.10. The molecule has 0 saturated heterocycles. The minimum absolute atomic E-state index is 0.0747. The van der Waals surface area contributed by atoms with E-state index in [2.05, 4.69) is 38.8 Å². The third-order valence-corrected chi connectivity index (χ3v) is 5.28. The van der Waals surface area contributed by atoms with Crippen molar-refractivity contribution in [2.24, 2.45) is 0 Å². The van der Waals surface area contributed by atoms with E-state index in [1.54, 1.807) is 16.2 Å². The third kappa shape index (κ3) is 3.36. The highest BCUT2D eigenvalue weighted by molar-refractivity contribution is 9.11. The average molecular weight is 365 g/mol. The normalized spacial score (nSPS) is 13.8. The summed E-state index contributed by atoms with van der Waals surface area (Å²) in [6, 6.07) is 8.14. The molecule has 0 radical (unpaired) electrons. The maximum atomic E-state index is 12.5. The Morgan fingerprint density at radius 3 is 3.00 bits per heavy atom. The maximum Gasteiger partial charge on any atom is 0.253 e. The van der Waals surface area contributed by atoms with Gasteiger partial charge in [-0.2, -0.15) is 0 Å². The number of carbonyl (C=O) groups excluding carboxylic acids is 1. The number of thiophene rings is 1. The van der Waals surface area contributed by atoms with Crippen LogP contribution in [0.5, 0.6) is 0 Å². The molecule has 110 valence electrons. The van der Waals surface area contributed by atoms with Crippen LogP contribution in [0, 0.1) is 0 Å². The molecule has 2 aromatic rings. The molecule has 1 N–H and O–H groups in total. The fraction of sp³-hybridized carbons (Fsp3) is 0.312. The molecule has 0 atom stereocenters. The van der Waals surface area contributed by atoms with E-state index < -0.39 is 0 Å². The number of halogens is 1. The number of hydrogen-bond donors (Lipinski definition) is 1. The van der Waals surface area contributed by atoms with Crippen LogP contribution in [0.1, 0.15) is 27.0 Å². The van der Waals surface area contributed by atoms with E-state index >= 15 is 0 Å². The van der Waals surface area contributed by atoms with E-state index in [9.17, 15) is 4.79 Å². The summed E-state index contributed by atoms with van der Waals surface area (Å²) in [6.07, 6.45) is 1.04. The Bertz CT molecular complexity index is 668. The van der Waals surface area contributed by atoms with Gasteiger partial charge in [0.15, 0.2) is 0 Å². The van der Waals surface area contributed by atoms with Gasteiger partial charge in [0.25, 0.3) is 5.91 Å². The lowest BCUT2D eigenvalue weighted by Gasteiger charge is -2.20. The first-order chi connectivity index (χ1) is 10.1. The van der Waals surface area contributed by atoms with Gasteiger partial charge in [-0.3, -0.25) is 4.79 Å². The fourth-order valence-corrected chi connectivity index (χ4v) is 3.81. The van der Waals surface area contributed by atoms with Crippen LogP contribution in [0.25, 0.3) is 0 Å². The Balaban J connectivity index is 1.75. The number of nitrogens with one attached hydrogen (secondary N) is 1. The molecule has 0 saturated carbocycles. The van der Waals surface area contributed by atoms with Crippen molar-refractivity contribution in [3.63, 3.8) is 0 Å². The second-order valence-electron chi connectivity index (χ2n) is 5.33. The fourth-order valence-electron chi connectivity index (χ4n) is 2.61. The smallest absolute Gasteiger partial charge is 0.253 e. The first-order valence-corrected chi connectivity index (χ1v) is 8.61. The van der Waals surface area contributed by atoms with Gasteiger partial charge in [-0.25, -0.2) is 0 Å². The Morgan fingerprint density at radius 2 is 2.24 bits per heavy atom. The van der Waals surface area contributed by atoms with Gasteiger partial charge in [0.2, 0.25) is 0 Å². The predicted octanol–water partition coefficient (Wildman–Crippen LogP) is 3.43. The standard InChI is InChI=1S/C16H17BrN2OS/c1-19(9-11-6-15(17)21-10-11)16(20)13-3-2-12-4-5-18-8-14(12)7-13/h2-3,6-7,10,18H,4-5,8-9H2,1H3. The van der Waals surface area contributed by atoms with E-state index in [-0.39, 0.29) is 5.91 Å². The number of benzene rings is 1. The largest absolute Gasteiger partial charge is 0.337 e. The first-order valence-electron chi connectivity index (χ1n) is 6.94. The Kier molecular flexibility index (Phi) is 4.42. The van der Waals surface area contributed by atoms with Gasteiger partial charge in [-0.1, -0.05) is 6.07 Å². The van der Waals surface area contributed by atoms with Crippen LogP contribution in [-0.4, -0.2) is 24.4 Å². The summed E-state index contributed by atoms with van der Waals surface area (Å²) in [4.78, 5) is 14.3. The number of hydrogen-bond acceptors (Lipinski definition) is 3. The average Bonchev–Trinajstić information content (AvgIpc) is 2.91. The predicted molar refractivity (Wildman–Crippen MR) is 89.7 cm³/mol. The van der Waals surface area contributed by atoms with E-state index in [4.69, 9.17) is 0 Å². The van der Waals surface area contributed by atoms with E-state index in [1.807, 2.05) is 19.2 Å². The highest BCUT2D eigenvalue weighted by atomic mass is 79.9. The van der Waals surface area contributed by atoms with Gasteiger partial charge in [-0.05, 0) is 69.2 Å². The molecular weight excluding hydrogens is 348 g/mol. The molecule has 0 aliphatic carbocycles. The molecule has 0 spiro atoms. The molecule has 1 aliphatic rings. The lowest BCUT2D eigenvalue weighted by Crippen LogP contribution is -2.27. The SMILES string of the molecule is CN(Cc1csc(Br)c1)C(=O)c1ccc2c(c1)CNCC2. The van der Waals surface area contributed by atoms with Gasteiger partial charge in [0.05, 0.1) is 3.79 Å². The maximum absolute atomic E-state index is 12.5. The van der Waals surface area contributed by atoms with Gasteiger partial charge < -0.3 is 10.2 Å². The van der Waals surface area contributed by atoms with Crippen molar-refractivity contribution in [1.82, 2.24) is 10.2 Å². The van der Waals surface area contributed by atoms with Crippen molar-refractivity contribution in [2.75, 3.05) is 13.6 Å². The van der Waals surface area contributed by atoms with Crippen LogP contribution in [-0.2, 0) is 19.5 Å². The number of amides is 1. The number of fused-ring (bicyclic) bond motifs is 1. The monoisotopic (exact) mass is 364 g/mol. The molecule has 3 rings (SSSR count). The molecule has 2 heterocycles. The van der Waals surface area contributed by atoms with Gasteiger partial charge >= 0.3 is 0 Å². The van der Waals surface area contributed by atoms with Crippen molar-refractivity contribution < 1.29 is 4.79 Å². The molecule has 3 nitrogen and oxygen atoms in total. The zero-order valence-corrected chi connectivity index (χ0v) is 14.3. The molecule has 0 bridgehead atoms. The van der Waals surface area contributed by atoms with Crippen LogP contribution < -0.4 is 5.32 Å².